The summed E-state index contributed by atoms with van der Waals surface area (Å²) in [6, 6.07) is 12.1. The number of amides is 3. The number of hydrogen-bond acceptors (Lipinski definition) is 6. The Labute approximate surface area is 211 Å². The molecule has 1 saturated heterocycles. The molecule has 0 radical (unpaired) electrons. The Hall–Kier alpha value is -3.68. The topological polar surface area (TPSA) is 93.2 Å². The van der Waals surface area contributed by atoms with Crippen molar-refractivity contribution in [1.82, 2.24) is 4.90 Å². The third-order valence-electron chi connectivity index (χ3n) is 6.86. The van der Waals surface area contributed by atoms with Crippen molar-refractivity contribution < 1.29 is 28.7 Å². The van der Waals surface area contributed by atoms with E-state index in [1.165, 1.54) is 19.2 Å². The van der Waals surface area contributed by atoms with Gasteiger partial charge in [0.25, 0.3) is 11.8 Å². The highest BCUT2D eigenvalue weighted by Gasteiger charge is 2.46. The first-order valence-corrected chi connectivity index (χ1v) is 12.5. The lowest BCUT2D eigenvalue weighted by Gasteiger charge is -2.35. The Morgan fingerprint density at radius 2 is 1.67 bits per heavy atom. The summed E-state index contributed by atoms with van der Waals surface area (Å²) in [5.41, 5.74) is 1.14. The highest BCUT2D eigenvalue weighted by atomic mass is 16.5. The van der Waals surface area contributed by atoms with Crippen LogP contribution in [0.1, 0.15) is 72.6 Å². The van der Waals surface area contributed by atoms with Gasteiger partial charge in [-0.1, -0.05) is 31.7 Å². The molecule has 1 unspecified atom stereocenters. The number of carbonyl (C=O) groups is 4. The molecule has 2 aliphatic rings. The lowest BCUT2D eigenvalue weighted by Crippen LogP contribution is -2.50. The molecular weight excluding hydrogens is 460 g/mol. The van der Waals surface area contributed by atoms with E-state index < -0.39 is 17.9 Å². The first-order valence-electron chi connectivity index (χ1n) is 12.5. The Bertz CT molecular complexity index is 1120. The van der Waals surface area contributed by atoms with Crippen LogP contribution >= 0.6 is 0 Å². The normalized spacial score (nSPS) is 18.6. The van der Waals surface area contributed by atoms with Crippen LogP contribution in [0.25, 0.3) is 0 Å². The van der Waals surface area contributed by atoms with Crippen molar-refractivity contribution >= 4 is 29.4 Å². The fourth-order valence-corrected chi connectivity index (χ4v) is 5.07. The molecule has 2 aromatic carbocycles. The molecule has 8 nitrogen and oxygen atoms in total. The van der Waals surface area contributed by atoms with Crippen molar-refractivity contribution in [1.29, 1.82) is 0 Å². The van der Waals surface area contributed by atoms with E-state index >= 15 is 0 Å². The molecule has 0 spiro atoms. The highest BCUT2D eigenvalue weighted by Crippen LogP contribution is 2.32. The van der Waals surface area contributed by atoms with Gasteiger partial charge < -0.3 is 14.4 Å². The van der Waals surface area contributed by atoms with E-state index in [1.807, 2.05) is 0 Å². The molecule has 1 saturated carbocycles. The summed E-state index contributed by atoms with van der Waals surface area (Å²) >= 11 is 0. The Morgan fingerprint density at radius 1 is 0.972 bits per heavy atom. The van der Waals surface area contributed by atoms with Crippen LogP contribution in [-0.4, -0.2) is 54.4 Å². The summed E-state index contributed by atoms with van der Waals surface area (Å²) in [6.45, 7) is 1.98. The maximum Gasteiger partial charge on any atom is 0.338 e. The van der Waals surface area contributed by atoms with Crippen LogP contribution in [-0.2, 0) is 14.3 Å². The fourth-order valence-electron chi connectivity index (χ4n) is 5.07. The molecular formula is C28H32N2O6. The number of benzene rings is 2. The third-order valence-corrected chi connectivity index (χ3v) is 6.86. The number of imide groups is 1. The fraction of sp³-hybridized carbons (Fsp3) is 0.429. The summed E-state index contributed by atoms with van der Waals surface area (Å²) in [5.74, 6) is -0.981. The number of esters is 1. The van der Waals surface area contributed by atoms with Gasteiger partial charge in [-0.2, -0.15) is 0 Å². The van der Waals surface area contributed by atoms with Gasteiger partial charge in [-0.05, 0) is 62.2 Å². The summed E-state index contributed by atoms with van der Waals surface area (Å²) in [6.07, 6.45) is 5.64. The summed E-state index contributed by atoms with van der Waals surface area (Å²) in [5, 5.41) is 0. The molecule has 2 fully saturated rings. The number of anilines is 1. The number of rotatable bonds is 7. The molecule has 4 rings (SSSR count). The minimum absolute atomic E-state index is 0.0787. The van der Waals surface area contributed by atoms with Crippen LogP contribution in [0, 0.1) is 0 Å². The zero-order chi connectivity index (χ0) is 25.7. The van der Waals surface area contributed by atoms with E-state index in [2.05, 4.69) is 0 Å². The van der Waals surface area contributed by atoms with Crippen LogP contribution in [0.3, 0.4) is 0 Å². The number of ether oxygens (including phenoxy) is 2. The number of hydrogen-bond donors (Lipinski definition) is 0. The summed E-state index contributed by atoms with van der Waals surface area (Å²) in [7, 11) is 1.54. The average molecular weight is 493 g/mol. The molecule has 1 heterocycles. The zero-order valence-corrected chi connectivity index (χ0v) is 20.8. The molecule has 190 valence electrons. The zero-order valence-electron chi connectivity index (χ0n) is 20.8. The SMILES string of the molecule is CCOC(=O)c1ccc(N2C(=O)CC(N(C(=O)c3cccc(OC)c3)C3CCCCCC3)C2=O)cc1. The quantitative estimate of drug-likeness (QED) is 0.324. The number of carbonyl (C=O) groups excluding carboxylic acids is 4. The molecule has 1 aliphatic heterocycles. The molecule has 1 atom stereocenters. The van der Waals surface area contributed by atoms with E-state index in [4.69, 9.17) is 9.47 Å². The highest BCUT2D eigenvalue weighted by molar-refractivity contribution is 6.23. The van der Waals surface area contributed by atoms with E-state index in [0.29, 0.717) is 22.6 Å². The number of methoxy groups -OCH3 is 1. The van der Waals surface area contributed by atoms with Crippen molar-refractivity contribution in [2.75, 3.05) is 18.6 Å². The summed E-state index contributed by atoms with van der Waals surface area (Å²) < 4.78 is 10.3. The monoisotopic (exact) mass is 492 g/mol. The molecule has 2 aromatic rings. The molecule has 1 aliphatic carbocycles. The van der Waals surface area contributed by atoms with Crippen LogP contribution in [0.5, 0.6) is 5.75 Å². The first-order chi connectivity index (χ1) is 17.4. The lowest BCUT2D eigenvalue weighted by atomic mass is 10.0. The molecule has 8 heteroatoms. The maximum absolute atomic E-state index is 13.8. The van der Waals surface area contributed by atoms with Gasteiger partial charge in [-0.3, -0.25) is 14.4 Å². The standard InChI is InChI=1S/C28H32N2O6/c1-3-36-28(34)19-13-15-22(16-14-19)30-25(31)18-24(27(30)33)29(21-10-6-4-5-7-11-21)26(32)20-9-8-12-23(17-20)35-2/h8-9,12-17,21,24H,3-7,10-11,18H2,1-2H3. The average Bonchev–Trinajstić information content (AvgIpc) is 3.05. The van der Waals surface area contributed by atoms with Crippen LogP contribution < -0.4 is 9.64 Å². The molecule has 0 bridgehead atoms. The Balaban J connectivity index is 1.64. The predicted molar refractivity (Wildman–Crippen MR) is 134 cm³/mol. The second-order valence-corrected chi connectivity index (χ2v) is 9.14. The van der Waals surface area contributed by atoms with Gasteiger partial charge in [0.15, 0.2) is 0 Å². The second-order valence-electron chi connectivity index (χ2n) is 9.14. The van der Waals surface area contributed by atoms with E-state index in [9.17, 15) is 19.2 Å². The minimum atomic E-state index is -0.885. The molecule has 0 N–H and O–H groups in total. The van der Waals surface area contributed by atoms with Crippen molar-refractivity contribution in [3.63, 3.8) is 0 Å². The molecule has 36 heavy (non-hydrogen) atoms. The van der Waals surface area contributed by atoms with Gasteiger partial charge in [0.2, 0.25) is 5.91 Å². The van der Waals surface area contributed by atoms with Crippen molar-refractivity contribution in [2.45, 2.75) is 64.0 Å². The second kappa shape index (κ2) is 11.4. The Morgan fingerprint density at radius 3 is 2.31 bits per heavy atom. The summed E-state index contributed by atoms with van der Waals surface area (Å²) in [4.78, 5) is 55.3. The third kappa shape index (κ3) is 5.27. The number of nitrogens with zero attached hydrogens (tertiary/aromatic N) is 2. The predicted octanol–water partition coefficient (Wildman–Crippen LogP) is 4.37. The van der Waals surface area contributed by atoms with Crippen molar-refractivity contribution in [3.8, 4) is 5.75 Å². The first kappa shape index (κ1) is 25.4. The van der Waals surface area contributed by atoms with Gasteiger partial charge in [0.05, 0.1) is 31.4 Å². The molecule has 3 amide bonds. The van der Waals surface area contributed by atoms with Crippen LogP contribution in [0.2, 0.25) is 0 Å². The van der Waals surface area contributed by atoms with Crippen molar-refractivity contribution in [3.05, 3.63) is 59.7 Å². The van der Waals surface area contributed by atoms with Crippen LogP contribution in [0.15, 0.2) is 48.5 Å². The van der Waals surface area contributed by atoms with E-state index in [1.54, 1.807) is 48.2 Å². The van der Waals surface area contributed by atoms with Crippen LogP contribution in [0.4, 0.5) is 5.69 Å². The van der Waals surface area contributed by atoms with Gasteiger partial charge in [0, 0.05) is 11.6 Å². The smallest absolute Gasteiger partial charge is 0.338 e. The van der Waals surface area contributed by atoms with Gasteiger partial charge in [-0.25, -0.2) is 9.69 Å². The molecule has 0 aromatic heterocycles. The largest absolute Gasteiger partial charge is 0.497 e. The van der Waals surface area contributed by atoms with Gasteiger partial charge >= 0.3 is 5.97 Å². The van der Waals surface area contributed by atoms with Crippen molar-refractivity contribution in [2.24, 2.45) is 0 Å². The van der Waals surface area contributed by atoms with Gasteiger partial charge in [0.1, 0.15) is 11.8 Å². The van der Waals surface area contributed by atoms with E-state index in [-0.39, 0.29) is 30.9 Å². The maximum atomic E-state index is 13.8. The lowest BCUT2D eigenvalue weighted by molar-refractivity contribution is -0.123. The Kier molecular flexibility index (Phi) is 8.03. The minimum Gasteiger partial charge on any atom is -0.497 e. The van der Waals surface area contributed by atoms with E-state index in [0.717, 1.165) is 43.4 Å². The van der Waals surface area contributed by atoms with Gasteiger partial charge in [-0.15, -0.1) is 0 Å².